The van der Waals surface area contributed by atoms with Crippen LogP contribution < -0.4 is 9.47 Å². The molecule has 2 aromatic rings. The Morgan fingerprint density at radius 2 is 1.63 bits per heavy atom. The lowest BCUT2D eigenvalue weighted by molar-refractivity contribution is 0.181. The molecular formula is C19H23BrN2O4S. The topological polar surface area (TPSA) is 59.1 Å². The third kappa shape index (κ3) is 4.45. The van der Waals surface area contributed by atoms with Gasteiger partial charge in [0.1, 0.15) is 0 Å². The minimum absolute atomic E-state index is 0.222. The fraction of sp³-hybridized carbons (Fsp3) is 0.368. The van der Waals surface area contributed by atoms with E-state index in [1.54, 1.807) is 12.1 Å². The molecule has 0 atom stereocenters. The maximum Gasteiger partial charge on any atom is 0.243 e. The first kappa shape index (κ1) is 20.1. The Kier molecular flexibility index (Phi) is 6.41. The van der Waals surface area contributed by atoms with Gasteiger partial charge in [-0.2, -0.15) is 4.31 Å². The van der Waals surface area contributed by atoms with Crippen molar-refractivity contribution >= 4 is 26.0 Å². The maximum atomic E-state index is 13.0. The average Bonchev–Trinajstić information content (AvgIpc) is 2.69. The number of methoxy groups -OCH3 is 2. The fourth-order valence-corrected chi connectivity index (χ4v) is 4.97. The summed E-state index contributed by atoms with van der Waals surface area (Å²) in [6, 6.07) is 12.8. The summed E-state index contributed by atoms with van der Waals surface area (Å²) in [5.74, 6) is 0.917. The van der Waals surface area contributed by atoms with Crippen molar-refractivity contribution in [2.75, 3.05) is 40.4 Å². The highest BCUT2D eigenvalue weighted by Crippen LogP contribution is 2.31. The Bertz CT molecular complexity index is 896. The van der Waals surface area contributed by atoms with Crippen molar-refractivity contribution in [3.05, 3.63) is 52.5 Å². The van der Waals surface area contributed by atoms with Crippen LogP contribution in [-0.2, 0) is 16.6 Å². The molecule has 0 spiro atoms. The summed E-state index contributed by atoms with van der Waals surface area (Å²) in [6.45, 7) is 3.09. The summed E-state index contributed by atoms with van der Waals surface area (Å²) in [6.07, 6.45) is 0. The van der Waals surface area contributed by atoms with E-state index >= 15 is 0 Å². The summed E-state index contributed by atoms with van der Waals surface area (Å²) in [5, 5.41) is 0. The van der Waals surface area contributed by atoms with Crippen molar-refractivity contribution in [3.8, 4) is 11.5 Å². The van der Waals surface area contributed by atoms with Crippen LogP contribution in [0.3, 0.4) is 0 Å². The van der Waals surface area contributed by atoms with E-state index < -0.39 is 10.0 Å². The zero-order valence-corrected chi connectivity index (χ0v) is 17.8. The predicted octanol–water partition coefficient (Wildman–Crippen LogP) is 2.97. The summed E-state index contributed by atoms with van der Waals surface area (Å²) < 4.78 is 39.0. The minimum Gasteiger partial charge on any atom is -0.493 e. The molecule has 3 rings (SSSR count). The lowest BCUT2D eigenvalue weighted by Gasteiger charge is -2.34. The molecule has 1 saturated heterocycles. The fourth-order valence-electron chi connectivity index (χ4n) is 3.12. The van der Waals surface area contributed by atoms with Gasteiger partial charge in [0.2, 0.25) is 10.0 Å². The molecule has 146 valence electrons. The quantitative estimate of drug-likeness (QED) is 0.671. The highest BCUT2D eigenvalue weighted by Gasteiger charge is 2.29. The van der Waals surface area contributed by atoms with Crippen molar-refractivity contribution in [2.45, 2.75) is 11.4 Å². The van der Waals surface area contributed by atoms with Gasteiger partial charge >= 0.3 is 0 Å². The molecule has 1 aliphatic rings. The molecule has 0 amide bonds. The van der Waals surface area contributed by atoms with Crippen LogP contribution in [0.2, 0.25) is 0 Å². The SMILES string of the molecule is COc1ccc(S(=O)(=O)N2CCN(Cc3ccccc3Br)CC2)cc1OC. The van der Waals surface area contributed by atoms with Gasteiger partial charge in [-0.3, -0.25) is 4.90 Å². The highest BCUT2D eigenvalue weighted by molar-refractivity contribution is 9.10. The number of nitrogens with zero attached hydrogens (tertiary/aromatic N) is 2. The van der Waals surface area contributed by atoms with Gasteiger partial charge in [0.25, 0.3) is 0 Å². The Morgan fingerprint density at radius 3 is 2.26 bits per heavy atom. The molecule has 0 aliphatic carbocycles. The van der Waals surface area contributed by atoms with Crippen molar-refractivity contribution in [3.63, 3.8) is 0 Å². The molecule has 1 aliphatic heterocycles. The Labute approximate surface area is 168 Å². The Hall–Kier alpha value is -1.61. The van der Waals surface area contributed by atoms with Gasteiger partial charge in [0.05, 0.1) is 19.1 Å². The molecule has 2 aromatic carbocycles. The summed E-state index contributed by atoms with van der Waals surface area (Å²) >= 11 is 3.57. The van der Waals surface area contributed by atoms with Crippen LogP contribution in [-0.4, -0.2) is 58.0 Å². The van der Waals surface area contributed by atoms with Gasteiger partial charge in [-0.05, 0) is 23.8 Å². The molecule has 27 heavy (non-hydrogen) atoms. The van der Waals surface area contributed by atoms with Crippen LogP contribution in [0.15, 0.2) is 51.8 Å². The normalized spacial score (nSPS) is 16.3. The van der Waals surface area contributed by atoms with Gasteiger partial charge in [-0.25, -0.2) is 8.42 Å². The van der Waals surface area contributed by atoms with E-state index in [0.29, 0.717) is 37.7 Å². The molecule has 0 unspecified atom stereocenters. The third-order valence-corrected chi connectivity index (χ3v) is 7.34. The van der Waals surface area contributed by atoms with Crippen molar-refractivity contribution in [2.24, 2.45) is 0 Å². The van der Waals surface area contributed by atoms with Crippen LogP contribution in [0.25, 0.3) is 0 Å². The van der Waals surface area contributed by atoms with Crippen LogP contribution in [0.4, 0.5) is 0 Å². The van der Waals surface area contributed by atoms with Crippen LogP contribution >= 0.6 is 15.9 Å². The number of benzene rings is 2. The second-order valence-corrected chi connectivity index (χ2v) is 9.08. The predicted molar refractivity (Wildman–Crippen MR) is 108 cm³/mol. The van der Waals surface area contributed by atoms with E-state index in [4.69, 9.17) is 9.47 Å². The van der Waals surface area contributed by atoms with Crippen LogP contribution in [0, 0.1) is 0 Å². The molecular weight excluding hydrogens is 432 g/mol. The average molecular weight is 455 g/mol. The van der Waals surface area contributed by atoms with Crippen molar-refractivity contribution in [1.82, 2.24) is 9.21 Å². The van der Waals surface area contributed by atoms with Gasteiger partial charge in [0.15, 0.2) is 11.5 Å². The lowest BCUT2D eigenvalue weighted by atomic mass is 10.2. The summed E-state index contributed by atoms with van der Waals surface area (Å²) in [4.78, 5) is 2.49. The first-order chi connectivity index (χ1) is 13.0. The van der Waals surface area contributed by atoms with Crippen LogP contribution in [0.5, 0.6) is 11.5 Å². The van der Waals surface area contributed by atoms with E-state index in [9.17, 15) is 8.42 Å². The standard InChI is InChI=1S/C19H23BrN2O4S/c1-25-18-8-7-16(13-19(18)26-2)27(23,24)22-11-9-21(10-12-22)14-15-5-3-4-6-17(15)20/h3-8,13H,9-12,14H2,1-2H3. The zero-order valence-electron chi connectivity index (χ0n) is 15.4. The molecule has 8 heteroatoms. The zero-order chi connectivity index (χ0) is 19.4. The second kappa shape index (κ2) is 8.60. The van der Waals surface area contributed by atoms with Gasteiger partial charge in [-0.1, -0.05) is 34.1 Å². The number of sulfonamides is 1. The van der Waals surface area contributed by atoms with E-state index in [1.807, 2.05) is 18.2 Å². The smallest absolute Gasteiger partial charge is 0.243 e. The highest BCUT2D eigenvalue weighted by atomic mass is 79.9. The number of halogens is 1. The van der Waals surface area contributed by atoms with Crippen molar-refractivity contribution in [1.29, 1.82) is 0 Å². The first-order valence-corrected chi connectivity index (χ1v) is 10.9. The number of piperazine rings is 1. The molecule has 0 aromatic heterocycles. The number of rotatable bonds is 6. The molecule has 0 bridgehead atoms. The molecule has 0 saturated carbocycles. The Morgan fingerprint density at radius 1 is 0.963 bits per heavy atom. The monoisotopic (exact) mass is 454 g/mol. The van der Waals surface area contributed by atoms with Gasteiger partial charge < -0.3 is 9.47 Å². The Balaban J connectivity index is 1.69. The molecule has 1 heterocycles. The number of hydrogen-bond acceptors (Lipinski definition) is 5. The van der Waals surface area contributed by atoms with Crippen molar-refractivity contribution < 1.29 is 17.9 Å². The van der Waals surface area contributed by atoms with E-state index in [0.717, 1.165) is 11.0 Å². The van der Waals surface area contributed by atoms with E-state index in [1.165, 1.54) is 30.2 Å². The van der Waals surface area contributed by atoms with Gasteiger partial charge in [0, 0.05) is 43.3 Å². The summed E-state index contributed by atoms with van der Waals surface area (Å²) in [7, 11) is -0.543. The van der Waals surface area contributed by atoms with E-state index in [2.05, 4.69) is 26.9 Å². The largest absolute Gasteiger partial charge is 0.493 e. The molecule has 0 radical (unpaired) electrons. The summed E-state index contributed by atoms with van der Waals surface area (Å²) in [5.41, 5.74) is 1.20. The molecule has 1 fully saturated rings. The van der Waals surface area contributed by atoms with Crippen LogP contribution in [0.1, 0.15) is 5.56 Å². The number of hydrogen-bond donors (Lipinski definition) is 0. The first-order valence-electron chi connectivity index (χ1n) is 8.63. The minimum atomic E-state index is -3.56. The molecule has 6 nitrogen and oxygen atoms in total. The third-order valence-electron chi connectivity index (χ3n) is 4.68. The van der Waals surface area contributed by atoms with Gasteiger partial charge in [-0.15, -0.1) is 0 Å². The van der Waals surface area contributed by atoms with E-state index in [-0.39, 0.29) is 4.90 Å². The second-order valence-electron chi connectivity index (χ2n) is 6.29. The molecule has 0 N–H and O–H groups in total. The maximum absolute atomic E-state index is 13.0. The lowest BCUT2D eigenvalue weighted by Crippen LogP contribution is -2.48. The number of ether oxygens (including phenoxy) is 2.